The van der Waals surface area contributed by atoms with Crippen molar-refractivity contribution in [3.8, 4) is 0 Å². The first-order valence-electron chi connectivity index (χ1n) is 6.08. The molecular weight excluding hydrogens is 204 g/mol. The second kappa shape index (κ2) is 6.69. The molecule has 0 amide bonds. The van der Waals surface area contributed by atoms with E-state index in [0.717, 1.165) is 12.8 Å². The Morgan fingerprint density at radius 3 is 2.75 bits per heavy atom. The summed E-state index contributed by atoms with van der Waals surface area (Å²) >= 11 is 0. The van der Waals surface area contributed by atoms with Gasteiger partial charge in [-0.15, -0.1) is 0 Å². The first-order chi connectivity index (χ1) is 7.65. The average molecular weight is 226 g/mol. The van der Waals surface area contributed by atoms with Gasteiger partial charge in [-0.25, -0.2) is 4.79 Å². The topological polar surface area (TPSA) is 35.5 Å². The van der Waals surface area contributed by atoms with Crippen molar-refractivity contribution in [1.82, 2.24) is 0 Å². The minimum absolute atomic E-state index is 0.262. The van der Waals surface area contributed by atoms with Gasteiger partial charge < -0.3 is 9.47 Å². The van der Waals surface area contributed by atoms with Gasteiger partial charge in [0.25, 0.3) is 0 Å². The maximum Gasteiger partial charge on any atom is 0.334 e. The van der Waals surface area contributed by atoms with Crippen molar-refractivity contribution in [1.29, 1.82) is 0 Å². The molecule has 0 aromatic heterocycles. The first kappa shape index (κ1) is 13.2. The summed E-state index contributed by atoms with van der Waals surface area (Å²) in [6.07, 6.45) is 6.13. The molecule has 1 aliphatic carbocycles. The second-order valence-electron chi connectivity index (χ2n) is 4.41. The summed E-state index contributed by atoms with van der Waals surface area (Å²) in [5, 5.41) is 0. The molecule has 0 aromatic carbocycles. The number of hydrogen-bond acceptors (Lipinski definition) is 3. The van der Waals surface area contributed by atoms with Gasteiger partial charge in [0, 0.05) is 0 Å². The quantitative estimate of drug-likeness (QED) is 0.534. The maximum atomic E-state index is 11.3. The summed E-state index contributed by atoms with van der Waals surface area (Å²) in [7, 11) is 0. The van der Waals surface area contributed by atoms with Gasteiger partial charge in [0.15, 0.2) is 6.10 Å². The van der Waals surface area contributed by atoms with E-state index in [1.54, 1.807) is 13.8 Å². The fraction of sp³-hybridized carbons (Fsp3) is 0.769. The Bertz CT molecular complexity index is 248. The maximum absolute atomic E-state index is 11.3. The summed E-state index contributed by atoms with van der Waals surface area (Å²) in [6, 6.07) is 0. The molecule has 0 saturated carbocycles. The van der Waals surface area contributed by atoms with E-state index in [2.05, 4.69) is 19.1 Å². The van der Waals surface area contributed by atoms with Crippen molar-refractivity contribution in [3.05, 3.63) is 12.2 Å². The molecule has 1 rings (SSSR count). The van der Waals surface area contributed by atoms with Gasteiger partial charge in [0.1, 0.15) is 0 Å². The van der Waals surface area contributed by atoms with E-state index >= 15 is 0 Å². The average Bonchev–Trinajstić information content (AvgIpc) is 2.28. The van der Waals surface area contributed by atoms with E-state index in [1.807, 2.05) is 0 Å². The number of ether oxygens (including phenoxy) is 2. The lowest BCUT2D eigenvalue weighted by atomic mass is 9.85. The molecule has 3 heteroatoms. The summed E-state index contributed by atoms with van der Waals surface area (Å²) < 4.78 is 10.5. The van der Waals surface area contributed by atoms with Crippen LogP contribution < -0.4 is 0 Å². The Labute approximate surface area is 97.8 Å². The number of esters is 1. The third kappa shape index (κ3) is 3.97. The number of carbonyl (C=O) groups is 1. The zero-order chi connectivity index (χ0) is 12.0. The number of rotatable bonds is 5. The number of carbonyl (C=O) groups excluding carboxylic acids is 1. The van der Waals surface area contributed by atoms with Crippen LogP contribution in [0.25, 0.3) is 0 Å². The zero-order valence-corrected chi connectivity index (χ0v) is 10.4. The van der Waals surface area contributed by atoms with Gasteiger partial charge in [-0.05, 0) is 38.5 Å². The van der Waals surface area contributed by atoms with E-state index in [-0.39, 0.29) is 5.97 Å². The highest BCUT2D eigenvalue weighted by Crippen LogP contribution is 2.25. The lowest BCUT2D eigenvalue weighted by molar-refractivity contribution is -0.156. The van der Waals surface area contributed by atoms with Crippen molar-refractivity contribution in [2.45, 2.75) is 39.7 Å². The van der Waals surface area contributed by atoms with Crippen molar-refractivity contribution >= 4 is 5.97 Å². The molecule has 1 aliphatic rings. The molecule has 3 unspecified atom stereocenters. The molecule has 16 heavy (non-hydrogen) atoms. The summed E-state index contributed by atoms with van der Waals surface area (Å²) in [5.41, 5.74) is 0. The van der Waals surface area contributed by atoms with Crippen LogP contribution in [0.2, 0.25) is 0 Å². The highest BCUT2D eigenvalue weighted by Gasteiger charge is 2.21. The van der Waals surface area contributed by atoms with Crippen LogP contribution >= 0.6 is 0 Å². The molecule has 0 radical (unpaired) electrons. The Hall–Kier alpha value is -0.830. The first-order valence-corrected chi connectivity index (χ1v) is 6.08. The Morgan fingerprint density at radius 1 is 1.44 bits per heavy atom. The minimum atomic E-state index is -0.446. The predicted molar refractivity (Wildman–Crippen MR) is 63.1 cm³/mol. The molecule has 0 N–H and O–H groups in total. The van der Waals surface area contributed by atoms with Crippen molar-refractivity contribution in [2.75, 3.05) is 13.2 Å². The highest BCUT2D eigenvalue weighted by molar-refractivity contribution is 5.74. The van der Waals surface area contributed by atoms with Gasteiger partial charge in [0.05, 0.1) is 13.2 Å². The molecule has 0 spiro atoms. The van der Waals surface area contributed by atoms with Crippen LogP contribution in [-0.2, 0) is 14.3 Å². The normalized spacial score (nSPS) is 26.4. The predicted octanol–water partition coefficient (Wildman–Crippen LogP) is 2.56. The number of allylic oxidation sites excluding steroid dienone is 2. The smallest absolute Gasteiger partial charge is 0.334 e. The molecule has 0 aliphatic heterocycles. The van der Waals surface area contributed by atoms with Crippen LogP contribution in [0.5, 0.6) is 0 Å². The fourth-order valence-corrected chi connectivity index (χ4v) is 1.83. The fourth-order valence-electron chi connectivity index (χ4n) is 1.83. The molecule has 0 aromatic rings. The SMILES string of the molecule is CCOC(=O)C(C)OCC1CC=CCC1C. The van der Waals surface area contributed by atoms with Crippen LogP contribution in [0.3, 0.4) is 0 Å². The Morgan fingerprint density at radius 2 is 2.12 bits per heavy atom. The van der Waals surface area contributed by atoms with Gasteiger partial charge in [0.2, 0.25) is 0 Å². The van der Waals surface area contributed by atoms with Crippen LogP contribution in [0, 0.1) is 11.8 Å². The molecular formula is C13H22O3. The Kier molecular flexibility index (Phi) is 5.53. The summed E-state index contributed by atoms with van der Waals surface area (Å²) in [5.74, 6) is 0.905. The second-order valence-corrected chi connectivity index (χ2v) is 4.41. The lowest BCUT2D eigenvalue weighted by Crippen LogP contribution is -2.28. The van der Waals surface area contributed by atoms with Gasteiger partial charge in [-0.3, -0.25) is 0 Å². The van der Waals surface area contributed by atoms with E-state index in [0.29, 0.717) is 25.0 Å². The van der Waals surface area contributed by atoms with E-state index < -0.39 is 6.10 Å². The third-order valence-corrected chi connectivity index (χ3v) is 3.10. The largest absolute Gasteiger partial charge is 0.464 e. The zero-order valence-electron chi connectivity index (χ0n) is 10.4. The van der Waals surface area contributed by atoms with E-state index in [1.165, 1.54) is 0 Å². The van der Waals surface area contributed by atoms with Crippen molar-refractivity contribution in [3.63, 3.8) is 0 Å². The third-order valence-electron chi connectivity index (χ3n) is 3.10. The molecule has 0 saturated heterocycles. The molecule has 92 valence electrons. The standard InChI is InChI=1S/C13H22O3/c1-4-15-13(14)11(3)16-9-12-8-6-5-7-10(12)2/h5-6,10-12H,4,7-9H2,1-3H3. The van der Waals surface area contributed by atoms with E-state index in [4.69, 9.17) is 9.47 Å². The monoisotopic (exact) mass is 226 g/mol. The summed E-state index contributed by atoms with van der Waals surface area (Å²) in [4.78, 5) is 11.3. The molecule has 0 heterocycles. The van der Waals surface area contributed by atoms with Crippen LogP contribution in [0.4, 0.5) is 0 Å². The highest BCUT2D eigenvalue weighted by atomic mass is 16.6. The van der Waals surface area contributed by atoms with Gasteiger partial charge in [-0.1, -0.05) is 19.1 Å². The van der Waals surface area contributed by atoms with Crippen molar-refractivity contribution < 1.29 is 14.3 Å². The van der Waals surface area contributed by atoms with Crippen LogP contribution in [0.15, 0.2) is 12.2 Å². The lowest BCUT2D eigenvalue weighted by Gasteiger charge is -2.26. The van der Waals surface area contributed by atoms with Gasteiger partial charge in [-0.2, -0.15) is 0 Å². The molecule has 3 atom stereocenters. The van der Waals surface area contributed by atoms with Crippen molar-refractivity contribution in [2.24, 2.45) is 11.8 Å². The summed E-state index contributed by atoms with van der Waals surface area (Å²) in [6.45, 7) is 6.84. The van der Waals surface area contributed by atoms with Gasteiger partial charge >= 0.3 is 5.97 Å². The molecule has 3 nitrogen and oxygen atoms in total. The molecule has 0 fully saturated rings. The number of hydrogen-bond donors (Lipinski definition) is 0. The van der Waals surface area contributed by atoms with Crippen LogP contribution in [0.1, 0.15) is 33.6 Å². The van der Waals surface area contributed by atoms with E-state index in [9.17, 15) is 4.79 Å². The van der Waals surface area contributed by atoms with Crippen LogP contribution in [-0.4, -0.2) is 25.3 Å². The molecule has 0 bridgehead atoms. The minimum Gasteiger partial charge on any atom is -0.464 e. The Balaban J connectivity index is 2.28.